The highest BCUT2D eigenvalue weighted by atomic mass is 16.6. The number of ether oxygens (including phenoxy) is 3. The SMILES string of the molecule is CCCCC/C=C/C/C=C/C/C=C/C/C=C/CCCCCC(=O)OC[C@@H](COC(=O)CCCCCCC/C=C/CCCCCC)OC(=O)CCCCCCCCCCCCCCCCC. The van der Waals surface area contributed by atoms with Crippen LogP contribution in [0.5, 0.6) is 0 Å². The lowest BCUT2D eigenvalue weighted by molar-refractivity contribution is -0.167. The van der Waals surface area contributed by atoms with Gasteiger partial charge in [-0.2, -0.15) is 0 Å². The molecule has 0 spiro atoms. The molecule has 376 valence electrons. The number of carbonyl (C=O) groups is 3. The summed E-state index contributed by atoms with van der Waals surface area (Å²) in [5.41, 5.74) is 0. The van der Waals surface area contributed by atoms with Gasteiger partial charge in [0.1, 0.15) is 13.2 Å². The maximum Gasteiger partial charge on any atom is 0.306 e. The fourth-order valence-corrected chi connectivity index (χ4v) is 7.77. The van der Waals surface area contributed by atoms with Crippen LogP contribution in [0.3, 0.4) is 0 Å². The normalized spacial score (nSPS) is 12.5. The smallest absolute Gasteiger partial charge is 0.306 e. The van der Waals surface area contributed by atoms with E-state index >= 15 is 0 Å². The first kappa shape index (κ1) is 62.1. The quantitative estimate of drug-likeness (QED) is 0.0262. The van der Waals surface area contributed by atoms with Gasteiger partial charge in [0.25, 0.3) is 0 Å². The minimum absolute atomic E-state index is 0.0867. The van der Waals surface area contributed by atoms with Gasteiger partial charge < -0.3 is 14.2 Å². The highest BCUT2D eigenvalue weighted by molar-refractivity contribution is 5.71. The Balaban J connectivity index is 4.42. The van der Waals surface area contributed by atoms with Gasteiger partial charge in [0.15, 0.2) is 6.10 Å². The van der Waals surface area contributed by atoms with Crippen LogP contribution in [0.2, 0.25) is 0 Å². The predicted octanol–water partition coefficient (Wildman–Crippen LogP) is 18.4. The summed E-state index contributed by atoms with van der Waals surface area (Å²) in [7, 11) is 0. The van der Waals surface area contributed by atoms with Crippen LogP contribution >= 0.6 is 0 Å². The van der Waals surface area contributed by atoms with Crippen molar-refractivity contribution in [3.63, 3.8) is 0 Å². The molecule has 0 saturated carbocycles. The van der Waals surface area contributed by atoms with Crippen molar-refractivity contribution in [3.8, 4) is 0 Å². The van der Waals surface area contributed by atoms with Crippen molar-refractivity contribution in [3.05, 3.63) is 60.8 Å². The molecule has 0 N–H and O–H groups in total. The fraction of sp³-hybridized carbons (Fsp3) is 0.780. The Morgan fingerprint density at radius 2 is 0.554 bits per heavy atom. The van der Waals surface area contributed by atoms with Gasteiger partial charge in [0.2, 0.25) is 0 Å². The lowest BCUT2D eigenvalue weighted by Gasteiger charge is -2.18. The van der Waals surface area contributed by atoms with Crippen LogP contribution in [-0.4, -0.2) is 37.2 Å². The standard InChI is InChI=1S/C59H104O6/c1-4-7-10-13-16-19-22-25-27-28-29-30-32-34-37-40-43-46-49-52-58(61)64-55-56(54-63-57(60)51-48-45-42-39-36-33-24-21-18-15-12-9-6-3)65-59(62)53-50-47-44-41-38-35-31-26-23-20-17-14-11-8-5-2/h16,19,21,24-25,27,29-30,34,37,56H,4-15,17-18,20,22-23,26,28,31-33,35-36,38-55H2,1-3H3/b19-16+,24-21+,27-25+,30-29+,37-34+/t56-/m1/s1. The van der Waals surface area contributed by atoms with Gasteiger partial charge in [0, 0.05) is 19.3 Å². The van der Waals surface area contributed by atoms with Crippen molar-refractivity contribution < 1.29 is 28.6 Å². The van der Waals surface area contributed by atoms with Crippen LogP contribution in [0.4, 0.5) is 0 Å². The molecule has 6 nitrogen and oxygen atoms in total. The van der Waals surface area contributed by atoms with E-state index in [0.717, 1.165) is 89.9 Å². The van der Waals surface area contributed by atoms with E-state index in [4.69, 9.17) is 14.2 Å². The summed E-state index contributed by atoms with van der Waals surface area (Å²) < 4.78 is 16.8. The molecule has 0 aromatic carbocycles. The molecule has 0 rings (SSSR count). The third-order valence-electron chi connectivity index (χ3n) is 12.0. The van der Waals surface area contributed by atoms with Gasteiger partial charge in [-0.25, -0.2) is 0 Å². The Hall–Kier alpha value is -2.89. The van der Waals surface area contributed by atoms with E-state index < -0.39 is 6.10 Å². The molecular formula is C59H104O6. The van der Waals surface area contributed by atoms with Crippen molar-refractivity contribution in [2.45, 2.75) is 284 Å². The van der Waals surface area contributed by atoms with E-state index in [2.05, 4.69) is 81.5 Å². The second kappa shape index (κ2) is 53.7. The predicted molar refractivity (Wildman–Crippen MR) is 279 cm³/mol. The summed E-state index contributed by atoms with van der Waals surface area (Å²) in [5, 5.41) is 0. The maximum absolute atomic E-state index is 12.8. The number of rotatable bonds is 50. The Bertz CT molecular complexity index is 1180. The van der Waals surface area contributed by atoms with Crippen LogP contribution < -0.4 is 0 Å². The highest BCUT2D eigenvalue weighted by Crippen LogP contribution is 2.15. The van der Waals surface area contributed by atoms with Gasteiger partial charge in [-0.15, -0.1) is 0 Å². The van der Waals surface area contributed by atoms with Gasteiger partial charge in [-0.1, -0.05) is 229 Å². The zero-order valence-electron chi connectivity index (χ0n) is 43.0. The average molecular weight is 909 g/mol. The van der Waals surface area contributed by atoms with Crippen molar-refractivity contribution in [2.24, 2.45) is 0 Å². The van der Waals surface area contributed by atoms with Gasteiger partial charge in [-0.3, -0.25) is 14.4 Å². The molecule has 0 unspecified atom stereocenters. The Labute approximate surface area is 402 Å². The first-order valence-corrected chi connectivity index (χ1v) is 27.8. The molecule has 0 aromatic heterocycles. The van der Waals surface area contributed by atoms with Crippen LogP contribution in [0.25, 0.3) is 0 Å². The summed E-state index contributed by atoms with van der Waals surface area (Å²) in [4.78, 5) is 38.1. The number of esters is 3. The van der Waals surface area contributed by atoms with Gasteiger partial charge >= 0.3 is 17.9 Å². The summed E-state index contributed by atoms with van der Waals surface area (Å²) in [6.45, 7) is 6.58. The maximum atomic E-state index is 12.8. The molecule has 0 aromatic rings. The Morgan fingerprint density at radius 1 is 0.308 bits per heavy atom. The molecule has 0 radical (unpaired) electrons. The summed E-state index contributed by atoms with van der Waals surface area (Å²) in [6.07, 6.45) is 66.3. The van der Waals surface area contributed by atoms with Crippen molar-refractivity contribution in [1.29, 1.82) is 0 Å². The number of carbonyl (C=O) groups excluding carboxylic acids is 3. The topological polar surface area (TPSA) is 78.9 Å². The third kappa shape index (κ3) is 51.9. The summed E-state index contributed by atoms with van der Waals surface area (Å²) in [5.74, 6) is -0.917. The molecule has 0 saturated heterocycles. The average Bonchev–Trinajstić information content (AvgIpc) is 3.30. The molecule has 0 aliphatic carbocycles. The second-order valence-electron chi connectivity index (χ2n) is 18.5. The largest absolute Gasteiger partial charge is 0.462 e. The van der Waals surface area contributed by atoms with E-state index in [1.807, 2.05) is 0 Å². The van der Waals surface area contributed by atoms with Crippen molar-refractivity contribution >= 4 is 17.9 Å². The van der Waals surface area contributed by atoms with Crippen LogP contribution in [0.15, 0.2) is 60.8 Å². The lowest BCUT2D eigenvalue weighted by atomic mass is 10.0. The molecule has 0 aliphatic heterocycles. The Kier molecular flexibility index (Phi) is 51.3. The van der Waals surface area contributed by atoms with Crippen molar-refractivity contribution in [1.82, 2.24) is 0 Å². The van der Waals surface area contributed by atoms with E-state index in [1.165, 1.54) is 148 Å². The zero-order chi connectivity index (χ0) is 47.2. The van der Waals surface area contributed by atoms with E-state index in [0.29, 0.717) is 19.3 Å². The molecule has 0 aliphatic rings. The minimum atomic E-state index is -0.788. The number of hydrogen-bond donors (Lipinski definition) is 0. The first-order valence-electron chi connectivity index (χ1n) is 27.8. The Morgan fingerprint density at radius 3 is 0.938 bits per heavy atom. The molecule has 6 heteroatoms. The van der Waals surface area contributed by atoms with Crippen LogP contribution in [0, 0.1) is 0 Å². The van der Waals surface area contributed by atoms with E-state index in [9.17, 15) is 14.4 Å². The number of unbranched alkanes of at least 4 members (excludes halogenated alkanes) is 29. The third-order valence-corrected chi connectivity index (χ3v) is 12.0. The number of allylic oxidation sites excluding steroid dienone is 10. The van der Waals surface area contributed by atoms with Crippen LogP contribution in [0.1, 0.15) is 278 Å². The van der Waals surface area contributed by atoms with Crippen molar-refractivity contribution in [2.75, 3.05) is 13.2 Å². The molecule has 0 amide bonds. The molecular weight excluding hydrogens is 805 g/mol. The van der Waals surface area contributed by atoms with E-state index in [1.54, 1.807) is 0 Å². The fourth-order valence-electron chi connectivity index (χ4n) is 7.77. The first-order chi connectivity index (χ1) is 32.0. The summed E-state index contributed by atoms with van der Waals surface area (Å²) >= 11 is 0. The lowest BCUT2D eigenvalue weighted by Crippen LogP contribution is -2.30. The monoisotopic (exact) mass is 909 g/mol. The minimum Gasteiger partial charge on any atom is -0.462 e. The molecule has 1 atom stereocenters. The number of hydrogen-bond acceptors (Lipinski definition) is 6. The van der Waals surface area contributed by atoms with E-state index in [-0.39, 0.29) is 31.1 Å². The van der Waals surface area contributed by atoms with Gasteiger partial charge in [-0.05, 0) is 89.9 Å². The second-order valence-corrected chi connectivity index (χ2v) is 18.5. The van der Waals surface area contributed by atoms with Crippen LogP contribution in [-0.2, 0) is 28.6 Å². The molecule has 0 bridgehead atoms. The summed E-state index contributed by atoms with van der Waals surface area (Å²) in [6, 6.07) is 0. The highest BCUT2D eigenvalue weighted by Gasteiger charge is 2.19. The molecule has 65 heavy (non-hydrogen) atoms. The molecule has 0 fully saturated rings. The zero-order valence-corrected chi connectivity index (χ0v) is 43.0. The molecule has 0 heterocycles. The van der Waals surface area contributed by atoms with Gasteiger partial charge in [0.05, 0.1) is 0 Å².